The lowest BCUT2D eigenvalue weighted by atomic mass is 10.1. The maximum absolute atomic E-state index is 5.66. The number of rotatable bonds is 3. The van der Waals surface area contributed by atoms with Crippen LogP contribution in [0, 0.1) is 0 Å². The van der Waals surface area contributed by atoms with E-state index >= 15 is 0 Å². The number of aryl methyl sites for hydroxylation is 2. The third kappa shape index (κ3) is 2.68. The third-order valence-electron chi connectivity index (χ3n) is 3.02. The molecule has 0 saturated heterocycles. The summed E-state index contributed by atoms with van der Waals surface area (Å²) < 4.78 is 0. The van der Waals surface area contributed by atoms with Gasteiger partial charge in [0.25, 0.3) is 0 Å². The number of hydrogen-bond donors (Lipinski definition) is 1. The molecule has 0 radical (unpaired) electrons. The van der Waals surface area contributed by atoms with E-state index in [0.29, 0.717) is 0 Å². The van der Waals surface area contributed by atoms with Gasteiger partial charge in [-0.25, -0.2) is 4.98 Å². The molecule has 0 aliphatic rings. The maximum Gasteiger partial charge on any atom is 0.151 e. The molecular weight excluding hydrogens is 236 g/mol. The summed E-state index contributed by atoms with van der Waals surface area (Å²) in [5.74, 6) is 0.774. The Morgan fingerprint density at radius 2 is 1.53 bits per heavy atom. The molecule has 3 aromatic rings. The summed E-state index contributed by atoms with van der Waals surface area (Å²) in [4.78, 5) is 4.51. The highest BCUT2D eigenvalue weighted by molar-refractivity contribution is 5.72. The Kier molecular flexibility index (Phi) is 3.06. The summed E-state index contributed by atoms with van der Waals surface area (Å²) in [6.07, 6.45) is 1.67. The van der Waals surface area contributed by atoms with E-state index in [4.69, 9.17) is 5.73 Å². The van der Waals surface area contributed by atoms with E-state index in [0.717, 1.165) is 35.4 Å². The first-order valence-electron chi connectivity index (χ1n) is 6.24. The Morgan fingerprint density at radius 3 is 2.32 bits per heavy atom. The molecule has 2 N–H and O–H groups in total. The Labute approximate surface area is 111 Å². The quantitative estimate of drug-likeness (QED) is 0.725. The van der Waals surface area contributed by atoms with Gasteiger partial charge in [-0.15, -0.1) is 10.2 Å². The zero-order valence-corrected chi connectivity index (χ0v) is 10.5. The second-order valence-electron chi connectivity index (χ2n) is 4.46. The topological polar surface area (TPSA) is 64.7 Å². The number of hydrogen-bond acceptors (Lipinski definition) is 4. The number of aromatic nitrogens is 3. The number of para-hydroxylation sites is 1. The van der Waals surface area contributed by atoms with Crippen LogP contribution >= 0.6 is 0 Å². The molecule has 0 fully saturated rings. The van der Waals surface area contributed by atoms with Crippen LogP contribution in [0.15, 0.2) is 48.5 Å². The summed E-state index contributed by atoms with van der Waals surface area (Å²) >= 11 is 0. The molecule has 0 atom stereocenters. The molecule has 4 nitrogen and oxygen atoms in total. The molecule has 94 valence electrons. The van der Waals surface area contributed by atoms with Crippen LogP contribution in [0.25, 0.3) is 11.0 Å². The minimum atomic E-state index is 0.774. The number of fused-ring (bicyclic) bond motifs is 1. The molecule has 3 rings (SSSR count). The standard InChI is InChI=1S/C15H14N4/c16-12-8-5-11(6-9-12)7-10-15-17-13-3-1-2-4-14(13)18-19-15/h1-6,8-9H,7,10,16H2. The van der Waals surface area contributed by atoms with Crippen molar-refractivity contribution in [1.82, 2.24) is 15.2 Å². The number of nitrogen functional groups attached to an aromatic ring is 1. The summed E-state index contributed by atoms with van der Waals surface area (Å²) in [5, 5.41) is 8.33. The monoisotopic (exact) mass is 250 g/mol. The first-order chi connectivity index (χ1) is 9.31. The zero-order valence-electron chi connectivity index (χ0n) is 10.5. The fourth-order valence-corrected chi connectivity index (χ4v) is 1.96. The van der Waals surface area contributed by atoms with Gasteiger partial charge in [-0.2, -0.15) is 0 Å². The van der Waals surface area contributed by atoms with Crippen molar-refractivity contribution in [3.05, 3.63) is 59.9 Å². The molecule has 2 aromatic carbocycles. The number of anilines is 1. The molecule has 0 spiro atoms. The van der Waals surface area contributed by atoms with E-state index in [2.05, 4.69) is 15.2 Å². The lowest BCUT2D eigenvalue weighted by molar-refractivity contribution is 0.824. The smallest absolute Gasteiger partial charge is 0.151 e. The van der Waals surface area contributed by atoms with Gasteiger partial charge in [0.05, 0.1) is 5.52 Å². The van der Waals surface area contributed by atoms with E-state index < -0.39 is 0 Å². The molecule has 0 bridgehead atoms. The number of nitrogens with zero attached hydrogens (tertiary/aromatic N) is 3. The normalized spacial score (nSPS) is 10.7. The van der Waals surface area contributed by atoms with Gasteiger partial charge in [0, 0.05) is 12.1 Å². The second kappa shape index (κ2) is 5.02. The van der Waals surface area contributed by atoms with E-state index in [-0.39, 0.29) is 0 Å². The third-order valence-corrected chi connectivity index (χ3v) is 3.02. The van der Waals surface area contributed by atoms with Gasteiger partial charge in [-0.05, 0) is 36.2 Å². The van der Waals surface area contributed by atoms with Crippen LogP contribution in [0.2, 0.25) is 0 Å². The van der Waals surface area contributed by atoms with Crippen molar-refractivity contribution in [3.63, 3.8) is 0 Å². The predicted molar refractivity (Wildman–Crippen MR) is 75.6 cm³/mol. The lowest BCUT2D eigenvalue weighted by Crippen LogP contribution is -2.00. The van der Waals surface area contributed by atoms with Crippen LogP contribution in [0.5, 0.6) is 0 Å². The Hall–Kier alpha value is -2.49. The molecule has 1 heterocycles. The minimum Gasteiger partial charge on any atom is -0.399 e. The Morgan fingerprint density at radius 1 is 0.789 bits per heavy atom. The van der Waals surface area contributed by atoms with Gasteiger partial charge >= 0.3 is 0 Å². The molecular formula is C15H14N4. The highest BCUT2D eigenvalue weighted by Gasteiger charge is 2.02. The molecule has 0 aliphatic carbocycles. The van der Waals surface area contributed by atoms with E-state index in [1.807, 2.05) is 48.5 Å². The average molecular weight is 250 g/mol. The van der Waals surface area contributed by atoms with Crippen LogP contribution in [-0.4, -0.2) is 15.2 Å². The van der Waals surface area contributed by atoms with Crippen LogP contribution in [-0.2, 0) is 12.8 Å². The van der Waals surface area contributed by atoms with Crippen molar-refractivity contribution in [3.8, 4) is 0 Å². The van der Waals surface area contributed by atoms with Crippen molar-refractivity contribution in [2.75, 3.05) is 5.73 Å². The van der Waals surface area contributed by atoms with Crippen LogP contribution < -0.4 is 5.73 Å². The summed E-state index contributed by atoms with van der Waals surface area (Å²) in [6, 6.07) is 15.7. The van der Waals surface area contributed by atoms with Crippen molar-refractivity contribution in [2.24, 2.45) is 0 Å². The van der Waals surface area contributed by atoms with E-state index in [1.165, 1.54) is 5.56 Å². The highest BCUT2D eigenvalue weighted by atomic mass is 15.1. The SMILES string of the molecule is Nc1ccc(CCc2nnc3ccccc3n2)cc1. The highest BCUT2D eigenvalue weighted by Crippen LogP contribution is 2.10. The maximum atomic E-state index is 5.66. The van der Waals surface area contributed by atoms with Crippen molar-refractivity contribution in [1.29, 1.82) is 0 Å². The molecule has 0 unspecified atom stereocenters. The fraction of sp³-hybridized carbons (Fsp3) is 0.133. The molecule has 0 aliphatic heterocycles. The largest absolute Gasteiger partial charge is 0.399 e. The first kappa shape index (κ1) is 11.6. The van der Waals surface area contributed by atoms with E-state index in [9.17, 15) is 0 Å². The van der Waals surface area contributed by atoms with Gasteiger partial charge in [0.2, 0.25) is 0 Å². The first-order valence-corrected chi connectivity index (χ1v) is 6.24. The number of benzene rings is 2. The Bertz CT molecular complexity index is 692. The van der Waals surface area contributed by atoms with Gasteiger partial charge in [0.1, 0.15) is 5.52 Å². The summed E-state index contributed by atoms with van der Waals surface area (Å²) in [5.41, 5.74) is 9.40. The molecule has 4 heteroatoms. The zero-order chi connectivity index (χ0) is 13.1. The predicted octanol–water partition coefficient (Wildman–Crippen LogP) is 2.39. The Balaban J connectivity index is 1.76. The molecule has 19 heavy (non-hydrogen) atoms. The lowest BCUT2D eigenvalue weighted by Gasteiger charge is -2.02. The van der Waals surface area contributed by atoms with Gasteiger partial charge in [0.15, 0.2) is 5.82 Å². The average Bonchev–Trinajstić information content (AvgIpc) is 2.46. The second-order valence-corrected chi connectivity index (χ2v) is 4.46. The van der Waals surface area contributed by atoms with Crippen LogP contribution in [0.3, 0.4) is 0 Å². The van der Waals surface area contributed by atoms with E-state index in [1.54, 1.807) is 0 Å². The van der Waals surface area contributed by atoms with Gasteiger partial charge in [-0.3, -0.25) is 0 Å². The molecule has 1 aromatic heterocycles. The minimum absolute atomic E-state index is 0.774. The van der Waals surface area contributed by atoms with Crippen molar-refractivity contribution < 1.29 is 0 Å². The fourth-order valence-electron chi connectivity index (χ4n) is 1.96. The van der Waals surface area contributed by atoms with Crippen LogP contribution in [0.4, 0.5) is 5.69 Å². The van der Waals surface area contributed by atoms with Crippen molar-refractivity contribution >= 4 is 16.7 Å². The van der Waals surface area contributed by atoms with Crippen molar-refractivity contribution in [2.45, 2.75) is 12.8 Å². The molecule has 0 amide bonds. The summed E-state index contributed by atoms with van der Waals surface area (Å²) in [7, 11) is 0. The van der Waals surface area contributed by atoms with Gasteiger partial charge < -0.3 is 5.73 Å². The van der Waals surface area contributed by atoms with Gasteiger partial charge in [-0.1, -0.05) is 24.3 Å². The molecule has 0 saturated carbocycles. The van der Waals surface area contributed by atoms with Crippen LogP contribution in [0.1, 0.15) is 11.4 Å². The summed E-state index contributed by atoms with van der Waals surface area (Å²) in [6.45, 7) is 0. The number of nitrogens with two attached hydrogens (primary N) is 1.